The molecule has 0 spiro atoms. The molecule has 0 heterocycles. The Morgan fingerprint density at radius 1 is 0.294 bits per heavy atom. The summed E-state index contributed by atoms with van der Waals surface area (Å²) in [6.07, 6.45) is 36.5. The second kappa shape index (κ2) is 56.1. The van der Waals surface area contributed by atoms with E-state index in [2.05, 4.69) is 55.4 Å². The van der Waals surface area contributed by atoms with Gasteiger partial charge in [-0.25, -0.2) is 9.13 Å². The Morgan fingerprint density at radius 2 is 0.494 bits per heavy atom. The molecule has 0 radical (unpaired) electrons. The van der Waals surface area contributed by atoms with Crippen LogP contribution in [0.3, 0.4) is 0 Å². The lowest BCUT2D eigenvalue weighted by molar-refractivity contribution is -0.161. The van der Waals surface area contributed by atoms with Crippen LogP contribution in [0.25, 0.3) is 0 Å². The molecule has 0 fully saturated rings. The van der Waals surface area contributed by atoms with E-state index in [1.54, 1.807) is 0 Å². The van der Waals surface area contributed by atoms with Crippen LogP contribution in [0.5, 0.6) is 0 Å². The number of esters is 4. The number of hydrogen-bond donors (Lipinski definition) is 3. The molecule has 0 aliphatic carbocycles. The third-order valence-corrected chi connectivity index (χ3v) is 17.0. The molecule has 19 heteroatoms. The topological polar surface area (TPSA) is 237 Å². The smallest absolute Gasteiger partial charge is 0.462 e. The van der Waals surface area contributed by atoms with Crippen molar-refractivity contribution in [3.63, 3.8) is 0 Å². The number of hydrogen-bond acceptors (Lipinski definition) is 15. The van der Waals surface area contributed by atoms with E-state index in [1.807, 2.05) is 0 Å². The minimum atomic E-state index is -4.95. The average Bonchev–Trinajstić information content (AvgIpc) is 3.52. The Morgan fingerprint density at radius 3 is 0.729 bits per heavy atom. The van der Waals surface area contributed by atoms with Crippen molar-refractivity contribution in [2.45, 2.75) is 337 Å². The van der Waals surface area contributed by atoms with Gasteiger partial charge in [0, 0.05) is 25.7 Å². The Balaban J connectivity index is 5.22. The third kappa shape index (κ3) is 60.7. The first-order chi connectivity index (χ1) is 40.6. The van der Waals surface area contributed by atoms with Crippen LogP contribution < -0.4 is 0 Å². The number of phosphoric ester groups is 2. The number of aliphatic hydroxyl groups is 1. The van der Waals surface area contributed by atoms with Gasteiger partial charge in [-0.1, -0.05) is 267 Å². The Hall–Kier alpha value is -1.94. The zero-order chi connectivity index (χ0) is 63.2. The monoisotopic (exact) mass is 1250 g/mol. The Kier molecular flexibility index (Phi) is 54.8. The lowest BCUT2D eigenvalue weighted by Gasteiger charge is -2.21. The fourth-order valence-corrected chi connectivity index (χ4v) is 11.4. The van der Waals surface area contributed by atoms with Gasteiger partial charge in [0.25, 0.3) is 0 Å². The van der Waals surface area contributed by atoms with Gasteiger partial charge in [-0.05, 0) is 49.4 Å². The fraction of sp³-hybridized carbons (Fsp3) is 0.939. The number of carbonyl (C=O) groups is 4. The molecule has 0 amide bonds. The van der Waals surface area contributed by atoms with Crippen molar-refractivity contribution in [1.29, 1.82) is 0 Å². The molecule has 0 aromatic rings. The van der Waals surface area contributed by atoms with Crippen LogP contribution >= 0.6 is 15.6 Å². The minimum Gasteiger partial charge on any atom is -0.462 e. The quantitative estimate of drug-likeness (QED) is 0.0222. The standard InChI is InChI=1S/C66H128O17P2/c1-56(2)42-34-26-18-13-10-9-11-15-21-30-38-46-63(68)76-53-62(83-66(71)49-41-33-25-24-29-37-45-59(7)8)55-81-85(74,75)79-51-60(67)50-78-84(72,73)80-54-61(52-77-64(69)47-39-31-23-17-20-28-36-44-58(5)6)82-65(70)48-40-32-22-16-12-14-19-27-35-43-57(3)4/h56-62,67H,9-55H2,1-8H3,(H,72,73)(H,74,75)/t60?,61-,62-/m1/s1. The molecule has 3 unspecified atom stereocenters. The van der Waals surface area contributed by atoms with Gasteiger partial charge in [-0.3, -0.25) is 37.3 Å². The van der Waals surface area contributed by atoms with Crippen LogP contribution in [0, 0.1) is 23.7 Å². The summed E-state index contributed by atoms with van der Waals surface area (Å²) >= 11 is 0. The summed E-state index contributed by atoms with van der Waals surface area (Å²) in [6, 6.07) is 0. The molecule has 0 saturated heterocycles. The summed E-state index contributed by atoms with van der Waals surface area (Å²) in [4.78, 5) is 72.3. The van der Waals surface area contributed by atoms with Crippen LogP contribution in [0.4, 0.5) is 0 Å². The highest BCUT2D eigenvalue weighted by Gasteiger charge is 2.30. The molecule has 0 aliphatic heterocycles. The summed E-state index contributed by atoms with van der Waals surface area (Å²) in [5.74, 6) is 0.742. The molecule has 0 rings (SSSR count). The fourth-order valence-electron chi connectivity index (χ4n) is 9.78. The number of carbonyl (C=O) groups excluding carboxylic acids is 4. The summed E-state index contributed by atoms with van der Waals surface area (Å²) < 4.78 is 68.0. The van der Waals surface area contributed by atoms with Gasteiger partial charge < -0.3 is 33.8 Å². The van der Waals surface area contributed by atoms with Crippen LogP contribution in [0.2, 0.25) is 0 Å². The van der Waals surface area contributed by atoms with Gasteiger partial charge in [0.15, 0.2) is 12.2 Å². The molecule has 85 heavy (non-hydrogen) atoms. The van der Waals surface area contributed by atoms with Crippen molar-refractivity contribution in [1.82, 2.24) is 0 Å². The zero-order valence-corrected chi connectivity index (χ0v) is 57.0. The number of phosphoric acid groups is 2. The van der Waals surface area contributed by atoms with E-state index in [1.165, 1.54) is 116 Å². The zero-order valence-electron chi connectivity index (χ0n) is 55.2. The predicted octanol–water partition coefficient (Wildman–Crippen LogP) is 18.1. The minimum absolute atomic E-state index is 0.101. The molecule has 0 bridgehead atoms. The summed E-state index contributed by atoms with van der Waals surface area (Å²) in [5, 5.41) is 10.5. The lowest BCUT2D eigenvalue weighted by Crippen LogP contribution is -2.30. The first kappa shape index (κ1) is 83.1. The van der Waals surface area contributed by atoms with Crippen LogP contribution in [0.15, 0.2) is 0 Å². The predicted molar refractivity (Wildman–Crippen MR) is 340 cm³/mol. The van der Waals surface area contributed by atoms with Crippen molar-refractivity contribution in [2.75, 3.05) is 39.6 Å². The van der Waals surface area contributed by atoms with E-state index in [0.717, 1.165) is 108 Å². The van der Waals surface area contributed by atoms with Gasteiger partial charge in [-0.15, -0.1) is 0 Å². The second-order valence-corrected chi connectivity index (χ2v) is 28.7. The van der Waals surface area contributed by atoms with Crippen LogP contribution in [0.1, 0.15) is 319 Å². The molecule has 0 aromatic heterocycles. The van der Waals surface area contributed by atoms with Crippen molar-refractivity contribution in [3.05, 3.63) is 0 Å². The van der Waals surface area contributed by atoms with Crippen molar-refractivity contribution < 1.29 is 80.2 Å². The maximum absolute atomic E-state index is 13.0. The van der Waals surface area contributed by atoms with Crippen molar-refractivity contribution >= 4 is 39.5 Å². The van der Waals surface area contributed by atoms with E-state index in [9.17, 15) is 43.2 Å². The van der Waals surface area contributed by atoms with Crippen LogP contribution in [-0.4, -0.2) is 96.7 Å². The van der Waals surface area contributed by atoms with E-state index in [4.69, 9.17) is 37.0 Å². The summed E-state index contributed by atoms with van der Waals surface area (Å²) in [6.45, 7) is 13.9. The maximum Gasteiger partial charge on any atom is 0.472 e. The van der Waals surface area contributed by atoms with E-state index in [-0.39, 0.29) is 25.7 Å². The molecule has 0 saturated carbocycles. The van der Waals surface area contributed by atoms with Crippen LogP contribution in [-0.2, 0) is 65.4 Å². The molecule has 3 N–H and O–H groups in total. The SMILES string of the molecule is CC(C)CCCCCCCCCCCCCC(=O)OC[C@H](COP(=O)(O)OCC(O)COP(=O)(O)OC[C@@H](COC(=O)CCCCCCCCCC(C)C)OC(=O)CCCCCCCCCCCC(C)C)OC(=O)CCCCCCCCC(C)C. The lowest BCUT2D eigenvalue weighted by atomic mass is 10.0. The average molecular weight is 1260 g/mol. The molecule has 504 valence electrons. The van der Waals surface area contributed by atoms with E-state index < -0.39 is 97.5 Å². The van der Waals surface area contributed by atoms with Gasteiger partial charge in [-0.2, -0.15) is 0 Å². The number of aliphatic hydroxyl groups excluding tert-OH is 1. The highest BCUT2D eigenvalue weighted by Crippen LogP contribution is 2.45. The Bertz CT molecular complexity index is 1700. The van der Waals surface area contributed by atoms with Gasteiger partial charge in [0.05, 0.1) is 26.4 Å². The van der Waals surface area contributed by atoms with Gasteiger partial charge >= 0.3 is 39.5 Å². The number of ether oxygens (including phenoxy) is 4. The molecule has 17 nitrogen and oxygen atoms in total. The number of unbranched alkanes of at least 4 members (excludes halogenated alkanes) is 29. The highest BCUT2D eigenvalue weighted by molar-refractivity contribution is 7.47. The van der Waals surface area contributed by atoms with E-state index >= 15 is 0 Å². The Labute approximate surface area is 517 Å². The second-order valence-electron chi connectivity index (χ2n) is 25.8. The molecule has 0 aromatic carbocycles. The van der Waals surface area contributed by atoms with E-state index in [0.29, 0.717) is 37.5 Å². The number of rotatable bonds is 63. The molecule has 5 atom stereocenters. The normalized spacial score (nSPS) is 14.4. The summed E-state index contributed by atoms with van der Waals surface area (Å²) in [5.41, 5.74) is 0. The molecular weight excluding hydrogens is 1130 g/mol. The first-order valence-corrected chi connectivity index (χ1v) is 37.2. The molecule has 0 aliphatic rings. The van der Waals surface area contributed by atoms with Crippen molar-refractivity contribution in [2.24, 2.45) is 23.7 Å². The van der Waals surface area contributed by atoms with Gasteiger partial charge in [0.1, 0.15) is 19.3 Å². The van der Waals surface area contributed by atoms with Gasteiger partial charge in [0.2, 0.25) is 0 Å². The summed E-state index contributed by atoms with van der Waals surface area (Å²) in [7, 11) is -9.89. The third-order valence-electron chi connectivity index (χ3n) is 15.1. The largest absolute Gasteiger partial charge is 0.472 e. The van der Waals surface area contributed by atoms with Crippen molar-refractivity contribution in [3.8, 4) is 0 Å². The highest BCUT2D eigenvalue weighted by atomic mass is 31.2. The first-order valence-electron chi connectivity index (χ1n) is 34.2. The molecular formula is C66H128O17P2. The maximum atomic E-state index is 13.0.